The number of thioether (sulfide) groups is 1. The highest BCUT2D eigenvalue weighted by molar-refractivity contribution is 8.02. The highest BCUT2D eigenvalue weighted by Crippen LogP contribution is 2.33. The van der Waals surface area contributed by atoms with Gasteiger partial charge in [-0.15, -0.1) is 11.8 Å². The number of rotatable bonds is 6. The molecule has 5 nitrogen and oxygen atoms in total. The fourth-order valence-corrected chi connectivity index (χ4v) is 6.73. The first-order valence-electron chi connectivity index (χ1n) is 8.89. The maximum atomic E-state index is 13.9. The van der Waals surface area contributed by atoms with Crippen LogP contribution in [-0.2, 0) is 9.84 Å². The Balaban J connectivity index is 1.73. The number of nitrogens with one attached hydrogen (secondary N) is 1. The second-order valence-electron chi connectivity index (χ2n) is 6.73. The van der Waals surface area contributed by atoms with Gasteiger partial charge in [-0.3, -0.25) is 4.79 Å². The van der Waals surface area contributed by atoms with Crippen LogP contribution in [0.1, 0.15) is 35.3 Å². The van der Waals surface area contributed by atoms with Gasteiger partial charge >= 0.3 is 0 Å². The van der Waals surface area contributed by atoms with Crippen molar-refractivity contribution >= 4 is 27.5 Å². The lowest BCUT2D eigenvalue weighted by Gasteiger charge is -2.17. The number of benzene rings is 2. The zero-order chi connectivity index (χ0) is 20.3. The molecule has 2 atom stereocenters. The molecule has 3 rings (SSSR count). The average molecular weight is 424 g/mol. The van der Waals surface area contributed by atoms with Gasteiger partial charge < -0.3 is 10.1 Å². The van der Waals surface area contributed by atoms with E-state index >= 15 is 0 Å². The molecule has 28 heavy (non-hydrogen) atoms. The predicted octanol–water partition coefficient (Wildman–Crippen LogP) is 3.60. The van der Waals surface area contributed by atoms with Gasteiger partial charge in [0.05, 0.1) is 30.2 Å². The van der Waals surface area contributed by atoms with Crippen LogP contribution in [0.4, 0.5) is 4.39 Å². The van der Waals surface area contributed by atoms with E-state index in [0.29, 0.717) is 17.5 Å². The Hall–Kier alpha value is -2.06. The third-order valence-electron chi connectivity index (χ3n) is 4.64. The topological polar surface area (TPSA) is 72.5 Å². The van der Waals surface area contributed by atoms with Crippen molar-refractivity contribution in [3.8, 4) is 5.75 Å². The lowest BCUT2D eigenvalue weighted by molar-refractivity contribution is 0.0937. The fraction of sp³-hybridized carbons (Fsp3) is 0.350. The van der Waals surface area contributed by atoms with Gasteiger partial charge in [-0.2, -0.15) is 0 Å². The molecule has 0 spiro atoms. The molecule has 0 bridgehead atoms. The summed E-state index contributed by atoms with van der Waals surface area (Å²) in [7, 11) is -1.58. The van der Waals surface area contributed by atoms with Crippen LogP contribution in [0.3, 0.4) is 0 Å². The minimum Gasteiger partial charge on any atom is -0.494 e. The number of hydrogen-bond acceptors (Lipinski definition) is 5. The molecule has 8 heteroatoms. The van der Waals surface area contributed by atoms with Crippen molar-refractivity contribution in [3.05, 3.63) is 59.4 Å². The summed E-state index contributed by atoms with van der Waals surface area (Å²) in [5.41, 5.74) is 1.11. The highest BCUT2D eigenvalue weighted by atomic mass is 32.2. The molecule has 0 aliphatic carbocycles. The second-order valence-corrected chi connectivity index (χ2v) is 10.3. The Morgan fingerprint density at radius 3 is 2.68 bits per heavy atom. The maximum absolute atomic E-state index is 13.9. The number of sulfone groups is 1. The van der Waals surface area contributed by atoms with E-state index in [0.717, 1.165) is 4.90 Å². The van der Waals surface area contributed by atoms with Gasteiger partial charge in [-0.25, -0.2) is 12.8 Å². The molecule has 2 aromatic rings. The van der Waals surface area contributed by atoms with Crippen molar-refractivity contribution in [2.75, 3.05) is 18.6 Å². The molecule has 0 radical (unpaired) electrons. The van der Waals surface area contributed by atoms with Crippen molar-refractivity contribution in [2.45, 2.75) is 29.5 Å². The molecule has 1 heterocycles. The summed E-state index contributed by atoms with van der Waals surface area (Å²) in [5, 5.41) is 2.83. The van der Waals surface area contributed by atoms with Gasteiger partial charge in [-0.05, 0) is 43.2 Å². The minimum absolute atomic E-state index is 0.0490. The van der Waals surface area contributed by atoms with Gasteiger partial charge in [0.15, 0.2) is 21.4 Å². The number of hydrogen-bond donors (Lipinski definition) is 1. The first-order chi connectivity index (χ1) is 13.3. The Labute approximate surface area is 168 Å². The van der Waals surface area contributed by atoms with Crippen molar-refractivity contribution in [1.82, 2.24) is 5.32 Å². The van der Waals surface area contributed by atoms with Crippen LogP contribution < -0.4 is 10.1 Å². The van der Waals surface area contributed by atoms with Gasteiger partial charge in [0.1, 0.15) is 0 Å². The van der Waals surface area contributed by atoms with Crippen molar-refractivity contribution in [3.63, 3.8) is 0 Å². The molecule has 1 amide bonds. The Bertz CT molecular complexity index is 978. The molecule has 0 aromatic heterocycles. The second kappa shape index (κ2) is 8.53. The minimum atomic E-state index is -2.98. The van der Waals surface area contributed by atoms with Crippen LogP contribution in [0.2, 0.25) is 0 Å². The van der Waals surface area contributed by atoms with E-state index in [-0.39, 0.29) is 28.4 Å². The summed E-state index contributed by atoms with van der Waals surface area (Å²) in [5.74, 6) is -0.295. The Morgan fingerprint density at radius 2 is 2.04 bits per heavy atom. The van der Waals surface area contributed by atoms with E-state index in [1.165, 1.54) is 31.0 Å². The van der Waals surface area contributed by atoms with Crippen LogP contribution in [0, 0.1) is 5.82 Å². The molecule has 0 saturated carbocycles. The predicted molar refractivity (Wildman–Crippen MR) is 108 cm³/mol. The molecule has 2 unspecified atom stereocenters. The highest BCUT2D eigenvalue weighted by Gasteiger charge is 2.29. The van der Waals surface area contributed by atoms with Gasteiger partial charge in [-0.1, -0.05) is 18.2 Å². The summed E-state index contributed by atoms with van der Waals surface area (Å²) in [4.78, 5) is 13.5. The Kier molecular flexibility index (Phi) is 6.30. The fourth-order valence-electron chi connectivity index (χ4n) is 3.10. The number of carbonyl (C=O) groups excluding carboxylic acids is 1. The van der Waals surface area contributed by atoms with Crippen LogP contribution in [0.25, 0.3) is 0 Å². The quantitative estimate of drug-likeness (QED) is 0.769. The molecule has 1 saturated heterocycles. The smallest absolute Gasteiger partial charge is 0.252 e. The molecule has 150 valence electrons. The van der Waals surface area contributed by atoms with Crippen molar-refractivity contribution in [1.29, 1.82) is 0 Å². The van der Waals surface area contributed by atoms with Gasteiger partial charge in [0.2, 0.25) is 0 Å². The van der Waals surface area contributed by atoms with Crippen LogP contribution in [0.5, 0.6) is 5.75 Å². The molecule has 2 aromatic carbocycles. The lowest BCUT2D eigenvalue weighted by Crippen LogP contribution is -2.27. The third kappa shape index (κ3) is 4.86. The SMILES string of the molecule is COc1ccc(C(C)NC(=O)c2ccccc2SC2CCS(=O)(=O)C2)cc1F. The van der Waals surface area contributed by atoms with E-state index in [1.54, 1.807) is 25.1 Å². The van der Waals surface area contributed by atoms with Crippen molar-refractivity contribution in [2.24, 2.45) is 0 Å². The first-order valence-corrected chi connectivity index (χ1v) is 11.6. The number of ether oxygens (including phenoxy) is 1. The summed E-state index contributed by atoms with van der Waals surface area (Å²) in [6.45, 7) is 1.78. The van der Waals surface area contributed by atoms with E-state index in [9.17, 15) is 17.6 Å². The van der Waals surface area contributed by atoms with E-state index in [2.05, 4.69) is 5.32 Å². The molecule has 1 N–H and O–H groups in total. The zero-order valence-corrected chi connectivity index (χ0v) is 17.3. The van der Waals surface area contributed by atoms with Crippen LogP contribution in [0.15, 0.2) is 47.4 Å². The first kappa shape index (κ1) is 20.7. The molecule has 1 aliphatic heterocycles. The summed E-state index contributed by atoms with van der Waals surface area (Å²) < 4.78 is 42.2. The van der Waals surface area contributed by atoms with E-state index in [4.69, 9.17) is 4.74 Å². The molecular formula is C20H22FNO4S2. The number of halogens is 1. The maximum Gasteiger partial charge on any atom is 0.252 e. The molecule has 1 aliphatic rings. The summed E-state index contributed by atoms with van der Waals surface area (Å²) in [6.07, 6.45) is 0.588. The molecule has 1 fully saturated rings. The van der Waals surface area contributed by atoms with Gasteiger partial charge in [0, 0.05) is 10.1 Å². The van der Waals surface area contributed by atoms with E-state index < -0.39 is 21.7 Å². The van der Waals surface area contributed by atoms with Crippen molar-refractivity contribution < 1.29 is 22.3 Å². The van der Waals surface area contributed by atoms with Crippen LogP contribution in [-0.4, -0.2) is 38.2 Å². The average Bonchev–Trinajstić information content (AvgIpc) is 3.00. The third-order valence-corrected chi connectivity index (χ3v) is 7.96. The number of methoxy groups -OCH3 is 1. The lowest BCUT2D eigenvalue weighted by atomic mass is 10.1. The van der Waals surface area contributed by atoms with Crippen LogP contribution >= 0.6 is 11.8 Å². The number of amides is 1. The van der Waals surface area contributed by atoms with Gasteiger partial charge in [0.25, 0.3) is 5.91 Å². The number of carbonyl (C=O) groups is 1. The normalized spacial score (nSPS) is 19.2. The molecular weight excluding hydrogens is 401 g/mol. The summed E-state index contributed by atoms with van der Waals surface area (Å²) >= 11 is 1.42. The van der Waals surface area contributed by atoms with E-state index in [1.807, 2.05) is 12.1 Å². The zero-order valence-electron chi connectivity index (χ0n) is 15.6. The summed E-state index contributed by atoms with van der Waals surface area (Å²) in [6, 6.07) is 11.3. The Morgan fingerprint density at radius 1 is 1.29 bits per heavy atom. The monoisotopic (exact) mass is 423 g/mol. The standard InChI is InChI=1S/C20H22FNO4S2/c1-13(14-7-8-18(26-2)17(21)11-14)22-20(23)16-5-3-4-6-19(16)27-15-9-10-28(24,25)12-15/h3-8,11,13,15H,9-10,12H2,1-2H3,(H,22,23). The largest absolute Gasteiger partial charge is 0.494 e.